The Balaban J connectivity index is 1.85. The van der Waals surface area contributed by atoms with Crippen molar-refractivity contribution in [3.63, 3.8) is 0 Å². The molecule has 0 bridgehead atoms. The topological polar surface area (TPSA) is 66.8 Å². The summed E-state index contributed by atoms with van der Waals surface area (Å²) >= 11 is 0. The first-order valence-corrected chi connectivity index (χ1v) is 7.80. The minimum Gasteiger partial charge on any atom is -0.480 e. The van der Waals surface area contributed by atoms with Crippen LogP contribution in [0.15, 0.2) is 42.5 Å². The number of anilines is 1. The number of fused-ring (bicyclic) bond motifs is 1. The first-order valence-electron chi connectivity index (χ1n) is 7.80. The number of carboxylic acids is 1. The van der Waals surface area contributed by atoms with Gasteiger partial charge in [0.25, 0.3) is 5.91 Å². The lowest BCUT2D eigenvalue weighted by Crippen LogP contribution is -2.44. The van der Waals surface area contributed by atoms with Gasteiger partial charge in [0, 0.05) is 12.1 Å². The van der Waals surface area contributed by atoms with Crippen LogP contribution in [0.4, 0.5) is 5.69 Å². The molecule has 1 amide bonds. The molecule has 0 spiro atoms. The average Bonchev–Trinajstić information content (AvgIpc) is 2.96. The van der Waals surface area contributed by atoms with E-state index in [1.165, 1.54) is 4.90 Å². The van der Waals surface area contributed by atoms with Crippen LogP contribution in [-0.4, -0.2) is 29.6 Å². The van der Waals surface area contributed by atoms with Gasteiger partial charge >= 0.3 is 5.97 Å². The Bertz CT molecular complexity index is 754. The molecule has 1 N–H and O–H groups in total. The second-order valence-electron chi connectivity index (χ2n) is 6.01. The number of aliphatic carboxylic acids is 1. The Morgan fingerprint density at radius 3 is 2.50 bits per heavy atom. The zero-order chi connectivity index (χ0) is 17.3. The Hall–Kier alpha value is -2.82. The summed E-state index contributed by atoms with van der Waals surface area (Å²) in [5.41, 5.74) is 3.79. The molecule has 0 saturated carbocycles. The Kier molecular flexibility index (Phi) is 4.25. The molecule has 1 aliphatic rings. The van der Waals surface area contributed by atoms with Crippen molar-refractivity contribution in [1.82, 2.24) is 0 Å². The number of rotatable bonds is 4. The van der Waals surface area contributed by atoms with Crippen LogP contribution < -0.4 is 9.64 Å². The van der Waals surface area contributed by atoms with Crippen molar-refractivity contribution in [1.29, 1.82) is 0 Å². The zero-order valence-corrected chi connectivity index (χ0v) is 13.7. The van der Waals surface area contributed by atoms with Gasteiger partial charge in [-0.15, -0.1) is 0 Å². The molecule has 24 heavy (non-hydrogen) atoms. The number of ether oxygens (including phenoxy) is 1. The van der Waals surface area contributed by atoms with Crippen LogP contribution in [0, 0.1) is 13.8 Å². The SMILES string of the molecule is Cc1cc2c(cc1C)OC(C(=O)N(CC(=O)O)c1ccccc1)C2. The molecule has 5 nitrogen and oxygen atoms in total. The van der Waals surface area contributed by atoms with Gasteiger partial charge in [0.15, 0.2) is 6.10 Å². The molecule has 2 aromatic rings. The molecule has 1 aliphatic heterocycles. The lowest BCUT2D eigenvalue weighted by atomic mass is 10.0. The Morgan fingerprint density at radius 1 is 1.17 bits per heavy atom. The maximum atomic E-state index is 12.9. The lowest BCUT2D eigenvalue weighted by molar-refractivity contribution is -0.137. The third-order valence-corrected chi connectivity index (χ3v) is 4.25. The molecule has 0 fully saturated rings. The molecular formula is C19H19NO4. The largest absolute Gasteiger partial charge is 0.480 e. The number of benzene rings is 2. The molecule has 124 valence electrons. The fraction of sp³-hybridized carbons (Fsp3) is 0.263. The molecule has 5 heteroatoms. The van der Waals surface area contributed by atoms with Crippen molar-refractivity contribution in [2.45, 2.75) is 26.4 Å². The highest BCUT2D eigenvalue weighted by molar-refractivity contribution is 6.00. The highest BCUT2D eigenvalue weighted by Gasteiger charge is 2.34. The Morgan fingerprint density at radius 2 is 1.83 bits per heavy atom. The number of carboxylic acid groups (broad SMARTS) is 1. The van der Waals surface area contributed by atoms with E-state index >= 15 is 0 Å². The number of para-hydroxylation sites is 1. The van der Waals surface area contributed by atoms with E-state index in [-0.39, 0.29) is 5.91 Å². The third kappa shape index (κ3) is 3.11. The van der Waals surface area contributed by atoms with Crippen molar-refractivity contribution >= 4 is 17.6 Å². The minimum absolute atomic E-state index is 0.338. The first-order chi connectivity index (χ1) is 11.5. The van der Waals surface area contributed by atoms with E-state index in [1.54, 1.807) is 24.3 Å². The first kappa shape index (κ1) is 16.1. The summed E-state index contributed by atoms with van der Waals surface area (Å²) in [7, 11) is 0. The number of carbonyl (C=O) groups is 2. The van der Waals surface area contributed by atoms with Gasteiger partial charge in [0.05, 0.1) is 0 Å². The number of amides is 1. The summed E-state index contributed by atoms with van der Waals surface area (Å²) in [5.74, 6) is -0.690. The predicted octanol–water partition coefficient (Wildman–Crippen LogP) is 2.72. The quantitative estimate of drug-likeness (QED) is 0.938. The van der Waals surface area contributed by atoms with Gasteiger partial charge in [-0.25, -0.2) is 0 Å². The van der Waals surface area contributed by atoms with Crippen molar-refractivity contribution in [3.05, 3.63) is 59.2 Å². The second-order valence-corrected chi connectivity index (χ2v) is 6.01. The highest BCUT2D eigenvalue weighted by Crippen LogP contribution is 2.32. The van der Waals surface area contributed by atoms with E-state index in [1.807, 2.05) is 32.0 Å². The highest BCUT2D eigenvalue weighted by atomic mass is 16.5. The number of aryl methyl sites for hydroxylation is 2. The smallest absolute Gasteiger partial charge is 0.323 e. The van der Waals surface area contributed by atoms with Crippen molar-refractivity contribution in [2.24, 2.45) is 0 Å². The van der Waals surface area contributed by atoms with Crippen LogP contribution in [0.3, 0.4) is 0 Å². The van der Waals surface area contributed by atoms with Crippen LogP contribution in [0.1, 0.15) is 16.7 Å². The lowest BCUT2D eigenvalue weighted by Gasteiger charge is -2.23. The summed E-state index contributed by atoms with van der Waals surface area (Å²) in [4.78, 5) is 25.3. The zero-order valence-electron chi connectivity index (χ0n) is 13.7. The minimum atomic E-state index is -1.06. The summed E-state index contributed by atoms with van der Waals surface area (Å²) in [6.07, 6.45) is -0.237. The molecule has 1 heterocycles. The van der Waals surface area contributed by atoms with Crippen LogP contribution in [0.2, 0.25) is 0 Å². The molecule has 0 radical (unpaired) electrons. The molecule has 1 atom stereocenters. The van der Waals surface area contributed by atoms with Crippen LogP contribution in [-0.2, 0) is 16.0 Å². The third-order valence-electron chi connectivity index (χ3n) is 4.25. The molecule has 0 aliphatic carbocycles. The van der Waals surface area contributed by atoms with E-state index < -0.39 is 18.6 Å². The van der Waals surface area contributed by atoms with E-state index in [0.29, 0.717) is 17.9 Å². The van der Waals surface area contributed by atoms with Gasteiger partial charge in [-0.05, 0) is 48.7 Å². The summed E-state index contributed by atoms with van der Waals surface area (Å²) < 4.78 is 5.80. The van der Waals surface area contributed by atoms with Crippen LogP contribution in [0.5, 0.6) is 5.75 Å². The monoisotopic (exact) mass is 325 g/mol. The van der Waals surface area contributed by atoms with Gasteiger partial charge in [-0.2, -0.15) is 0 Å². The molecule has 0 aromatic heterocycles. The Labute approximate surface area is 140 Å². The van der Waals surface area contributed by atoms with Gasteiger partial charge in [0.1, 0.15) is 12.3 Å². The van der Waals surface area contributed by atoms with E-state index in [9.17, 15) is 9.59 Å². The van der Waals surface area contributed by atoms with Crippen molar-refractivity contribution in [2.75, 3.05) is 11.4 Å². The number of nitrogens with zero attached hydrogens (tertiary/aromatic N) is 1. The van der Waals surface area contributed by atoms with E-state index in [4.69, 9.17) is 9.84 Å². The van der Waals surface area contributed by atoms with Crippen LogP contribution in [0.25, 0.3) is 0 Å². The number of hydrogen-bond donors (Lipinski definition) is 1. The number of carbonyl (C=O) groups excluding carboxylic acids is 1. The predicted molar refractivity (Wildman–Crippen MR) is 90.5 cm³/mol. The molecular weight excluding hydrogens is 306 g/mol. The van der Waals surface area contributed by atoms with Gasteiger partial charge in [-0.3, -0.25) is 14.5 Å². The summed E-state index contributed by atoms with van der Waals surface area (Å²) in [6, 6.07) is 12.8. The van der Waals surface area contributed by atoms with E-state index in [2.05, 4.69) is 0 Å². The normalized spacial score (nSPS) is 15.5. The molecule has 0 saturated heterocycles. The fourth-order valence-electron chi connectivity index (χ4n) is 2.86. The number of hydrogen-bond acceptors (Lipinski definition) is 3. The molecule has 3 rings (SSSR count). The van der Waals surface area contributed by atoms with Crippen LogP contribution >= 0.6 is 0 Å². The maximum Gasteiger partial charge on any atom is 0.323 e. The summed E-state index contributed by atoms with van der Waals surface area (Å²) in [5, 5.41) is 9.15. The van der Waals surface area contributed by atoms with Gasteiger partial charge in [0.2, 0.25) is 0 Å². The standard InChI is InChI=1S/C19H19NO4/c1-12-8-14-10-17(24-16(14)9-13(12)2)19(23)20(11-18(21)22)15-6-4-3-5-7-15/h3-9,17H,10-11H2,1-2H3,(H,21,22). The summed E-state index contributed by atoms with van der Waals surface area (Å²) in [6.45, 7) is 3.62. The van der Waals surface area contributed by atoms with Gasteiger partial charge < -0.3 is 9.84 Å². The average molecular weight is 325 g/mol. The molecule has 1 unspecified atom stereocenters. The van der Waals surface area contributed by atoms with Crippen molar-refractivity contribution in [3.8, 4) is 5.75 Å². The maximum absolute atomic E-state index is 12.9. The second kappa shape index (κ2) is 6.35. The fourth-order valence-corrected chi connectivity index (χ4v) is 2.86. The van der Waals surface area contributed by atoms with Crippen molar-refractivity contribution < 1.29 is 19.4 Å². The van der Waals surface area contributed by atoms with Gasteiger partial charge in [-0.1, -0.05) is 24.3 Å². The van der Waals surface area contributed by atoms with E-state index in [0.717, 1.165) is 16.7 Å². The molecule has 2 aromatic carbocycles.